The number of aryl methyl sites for hydroxylation is 1. The third-order valence-corrected chi connectivity index (χ3v) is 7.35. The molecule has 6 heteroatoms. The van der Waals surface area contributed by atoms with Crippen molar-refractivity contribution in [3.05, 3.63) is 66.3 Å². The van der Waals surface area contributed by atoms with Gasteiger partial charge in [0.25, 0.3) is 0 Å². The zero-order valence-corrected chi connectivity index (χ0v) is 17.8. The molecule has 0 aliphatic carbocycles. The molecule has 0 saturated carbocycles. The van der Waals surface area contributed by atoms with Crippen molar-refractivity contribution in [2.45, 2.75) is 44.1 Å². The Balaban J connectivity index is 1.39. The Bertz CT molecular complexity index is 1320. The zero-order valence-electron chi connectivity index (χ0n) is 17.8. The Labute approximate surface area is 185 Å². The fourth-order valence-corrected chi connectivity index (χ4v) is 5.78. The van der Waals surface area contributed by atoms with Gasteiger partial charge in [0, 0.05) is 40.7 Å². The van der Waals surface area contributed by atoms with Gasteiger partial charge in [-0.3, -0.25) is 9.88 Å². The first kappa shape index (κ1) is 19.7. The van der Waals surface area contributed by atoms with E-state index >= 15 is 4.39 Å². The Kier molecular flexibility index (Phi) is 4.65. The van der Waals surface area contributed by atoms with Crippen molar-refractivity contribution < 1.29 is 8.78 Å². The second-order valence-corrected chi connectivity index (χ2v) is 9.07. The molecule has 2 saturated heterocycles. The van der Waals surface area contributed by atoms with Crippen molar-refractivity contribution in [1.29, 1.82) is 0 Å². The quantitative estimate of drug-likeness (QED) is 0.417. The van der Waals surface area contributed by atoms with E-state index in [1.165, 1.54) is 44.8 Å². The van der Waals surface area contributed by atoms with Crippen molar-refractivity contribution in [1.82, 2.24) is 19.9 Å². The molecule has 0 spiro atoms. The predicted octanol–water partition coefficient (Wildman–Crippen LogP) is 5.68. The molecule has 32 heavy (non-hydrogen) atoms. The summed E-state index contributed by atoms with van der Waals surface area (Å²) in [6, 6.07) is 10.2. The highest BCUT2D eigenvalue weighted by molar-refractivity contribution is 5.97. The third kappa shape index (κ3) is 3.08. The lowest BCUT2D eigenvalue weighted by Crippen LogP contribution is -2.38. The van der Waals surface area contributed by atoms with E-state index in [1.54, 1.807) is 30.6 Å². The maximum Gasteiger partial charge on any atom is 0.175 e. The average Bonchev–Trinajstić information content (AvgIpc) is 3.39. The van der Waals surface area contributed by atoms with Crippen LogP contribution in [0.15, 0.2) is 48.8 Å². The van der Waals surface area contributed by atoms with Crippen molar-refractivity contribution >= 4 is 21.7 Å². The summed E-state index contributed by atoms with van der Waals surface area (Å²) in [5, 5.41) is 1.64. The summed E-state index contributed by atoms with van der Waals surface area (Å²) in [4.78, 5) is 16.0. The predicted molar refractivity (Wildman–Crippen MR) is 121 cm³/mol. The number of nitrogens with zero attached hydrogens (tertiary/aromatic N) is 4. The van der Waals surface area contributed by atoms with E-state index in [0.29, 0.717) is 27.5 Å². The van der Waals surface area contributed by atoms with Gasteiger partial charge in [0.2, 0.25) is 0 Å². The second-order valence-electron chi connectivity index (χ2n) is 9.07. The molecule has 2 aromatic carbocycles. The van der Waals surface area contributed by atoms with Crippen LogP contribution in [0, 0.1) is 11.6 Å². The molecule has 0 unspecified atom stereocenters. The number of pyridine rings is 1. The van der Waals surface area contributed by atoms with Crippen LogP contribution in [0.25, 0.3) is 32.9 Å². The van der Waals surface area contributed by atoms with Crippen molar-refractivity contribution in [2.24, 2.45) is 0 Å². The Morgan fingerprint density at radius 1 is 0.906 bits per heavy atom. The lowest BCUT2D eigenvalue weighted by molar-refractivity contribution is 0.182. The molecule has 0 N–H and O–H groups in total. The van der Waals surface area contributed by atoms with Crippen molar-refractivity contribution in [3.63, 3.8) is 0 Å². The summed E-state index contributed by atoms with van der Waals surface area (Å²) in [5.41, 5.74) is 1.09. The molecule has 6 rings (SSSR count). The van der Waals surface area contributed by atoms with Gasteiger partial charge in [0.1, 0.15) is 22.9 Å². The number of hydrogen-bond acceptors (Lipinski definition) is 4. The number of hydrogen-bond donors (Lipinski definition) is 0. The van der Waals surface area contributed by atoms with E-state index in [4.69, 9.17) is 0 Å². The molecular weight excluding hydrogens is 406 g/mol. The Morgan fingerprint density at radius 2 is 1.66 bits per heavy atom. The van der Waals surface area contributed by atoms with Gasteiger partial charge in [0.05, 0.1) is 0 Å². The van der Waals surface area contributed by atoms with Gasteiger partial charge in [-0.2, -0.15) is 0 Å². The van der Waals surface area contributed by atoms with E-state index in [2.05, 4.69) is 19.9 Å². The minimum Gasteiger partial charge on any atom is -0.298 e. The number of halogens is 2. The standard InChI is InChI=1S/C26H24F2N4/c27-20-8-2-6-17-5-1-7-19(22(17)20)25-23(28)24-18(16-30-25)15-29-21(31-24)9-12-26-10-3-13-32(26)14-4-11-26/h1-2,5-8,15-16H,3-4,9-14H2. The molecular formula is C26H24F2N4. The first-order valence-electron chi connectivity index (χ1n) is 11.4. The van der Waals surface area contributed by atoms with Gasteiger partial charge in [0.15, 0.2) is 5.82 Å². The van der Waals surface area contributed by atoms with Gasteiger partial charge >= 0.3 is 0 Å². The molecule has 2 aliphatic rings. The maximum atomic E-state index is 15.7. The molecule has 2 fully saturated rings. The first-order valence-corrected chi connectivity index (χ1v) is 11.4. The maximum absolute atomic E-state index is 15.7. The SMILES string of the molecule is Fc1c(-c2cccc3cccc(F)c23)ncc2cnc(CCC34CCCN3CCC4)nc12. The molecule has 162 valence electrons. The van der Waals surface area contributed by atoms with E-state index in [0.717, 1.165) is 12.8 Å². The van der Waals surface area contributed by atoms with Crippen molar-refractivity contribution in [3.8, 4) is 11.3 Å². The van der Waals surface area contributed by atoms with Crippen LogP contribution in [0.5, 0.6) is 0 Å². The summed E-state index contributed by atoms with van der Waals surface area (Å²) >= 11 is 0. The molecule has 0 amide bonds. The topological polar surface area (TPSA) is 41.9 Å². The van der Waals surface area contributed by atoms with Crippen LogP contribution in [0.1, 0.15) is 37.9 Å². The zero-order chi connectivity index (χ0) is 21.7. The Hall–Kier alpha value is -2.99. The van der Waals surface area contributed by atoms with E-state index in [9.17, 15) is 4.39 Å². The second kappa shape index (κ2) is 7.55. The molecule has 0 radical (unpaired) electrons. The molecule has 4 aromatic rings. The fourth-order valence-electron chi connectivity index (χ4n) is 5.78. The highest BCUT2D eigenvalue weighted by Gasteiger charge is 2.43. The van der Waals surface area contributed by atoms with Crippen LogP contribution in [0.2, 0.25) is 0 Å². The lowest BCUT2D eigenvalue weighted by atomic mass is 9.89. The summed E-state index contributed by atoms with van der Waals surface area (Å²) in [6.45, 7) is 2.37. The highest BCUT2D eigenvalue weighted by Crippen LogP contribution is 2.42. The van der Waals surface area contributed by atoms with E-state index < -0.39 is 5.82 Å². The van der Waals surface area contributed by atoms with Gasteiger partial charge in [-0.25, -0.2) is 18.7 Å². The monoisotopic (exact) mass is 430 g/mol. The lowest BCUT2D eigenvalue weighted by Gasteiger charge is -2.31. The molecule has 4 nitrogen and oxygen atoms in total. The minimum atomic E-state index is -0.525. The Morgan fingerprint density at radius 3 is 2.47 bits per heavy atom. The molecule has 0 bridgehead atoms. The normalized spacial score (nSPS) is 17.9. The van der Waals surface area contributed by atoms with E-state index in [-0.39, 0.29) is 22.6 Å². The number of benzene rings is 2. The minimum absolute atomic E-state index is 0.120. The number of rotatable bonds is 4. The largest absolute Gasteiger partial charge is 0.298 e. The number of aromatic nitrogens is 3. The molecule has 0 atom stereocenters. The molecule has 4 heterocycles. The molecule has 2 aliphatic heterocycles. The van der Waals surface area contributed by atoms with Crippen LogP contribution in [-0.2, 0) is 6.42 Å². The van der Waals surface area contributed by atoms with Gasteiger partial charge in [-0.15, -0.1) is 0 Å². The molecule has 2 aromatic heterocycles. The van der Waals surface area contributed by atoms with Gasteiger partial charge in [-0.1, -0.05) is 30.3 Å². The van der Waals surface area contributed by atoms with Gasteiger partial charge in [-0.05, 0) is 56.6 Å². The summed E-state index contributed by atoms with van der Waals surface area (Å²) in [5.74, 6) is -0.256. The van der Waals surface area contributed by atoms with Crippen LogP contribution in [0.3, 0.4) is 0 Å². The van der Waals surface area contributed by atoms with Crippen molar-refractivity contribution in [2.75, 3.05) is 13.1 Å². The van der Waals surface area contributed by atoms with Crippen LogP contribution in [-0.4, -0.2) is 38.5 Å². The van der Waals surface area contributed by atoms with Gasteiger partial charge < -0.3 is 0 Å². The summed E-state index contributed by atoms with van der Waals surface area (Å²) in [7, 11) is 0. The summed E-state index contributed by atoms with van der Waals surface area (Å²) < 4.78 is 30.3. The number of fused-ring (bicyclic) bond motifs is 3. The van der Waals surface area contributed by atoms with Crippen LogP contribution in [0.4, 0.5) is 8.78 Å². The first-order chi connectivity index (χ1) is 15.6. The van der Waals surface area contributed by atoms with Crippen LogP contribution >= 0.6 is 0 Å². The van der Waals surface area contributed by atoms with E-state index in [1.807, 2.05) is 12.1 Å². The van der Waals surface area contributed by atoms with Crippen LogP contribution < -0.4 is 0 Å². The average molecular weight is 431 g/mol. The summed E-state index contributed by atoms with van der Waals surface area (Å²) in [6.07, 6.45) is 9.93. The smallest absolute Gasteiger partial charge is 0.175 e. The fraction of sp³-hybridized carbons (Fsp3) is 0.346. The third-order valence-electron chi connectivity index (χ3n) is 7.35. The highest BCUT2D eigenvalue weighted by atomic mass is 19.1.